The van der Waals surface area contributed by atoms with E-state index in [4.69, 9.17) is 4.74 Å². The first-order valence-corrected chi connectivity index (χ1v) is 11.8. The maximum atomic E-state index is 13.3. The minimum absolute atomic E-state index is 0.0489. The van der Waals surface area contributed by atoms with Crippen LogP contribution in [0.2, 0.25) is 0 Å². The average molecular weight is 504 g/mol. The third kappa shape index (κ3) is 4.30. The van der Waals surface area contributed by atoms with Crippen molar-refractivity contribution in [2.24, 2.45) is 0 Å². The molecule has 0 saturated heterocycles. The number of nitrogens with zero attached hydrogens (tertiary/aromatic N) is 3. The van der Waals surface area contributed by atoms with Crippen LogP contribution < -0.4 is 14.8 Å². The molecule has 2 aliphatic rings. The molecule has 2 aromatic carbocycles. The Morgan fingerprint density at radius 2 is 1.89 bits per heavy atom. The van der Waals surface area contributed by atoms with Crippen molar-refractivity contribution in [3.63, 3.8) is 0 Å². The van der Waals surface area contributed by atoms with E-state index in [0.29, 0.717) is 22.6 Å². The predicted octanol–water partition coefficient (Wildman–Crippen LogP) is 1.81. The molecule has 1 atom stereocenters. The highest BCUT2D eigenvalue weighted by molar-refractivity contribution is 7.89. The Morgan fingerprint density at radius 3 is 2.60 bits per heavy atom. The third-order valence-corrected chi connectivity index (χ3v) is 7.15. The van der Waals surface area contributed by atoms with E-state index in [9.17, 15) is 26.8 Å². The van der Waals surface area contributed by atoms with E-state index in [1.165, 1.54) is 11.1 Å². The molecule has 2 aliphatic heterocycles. The number of hydrogen-bond donors (Lipinski definition) is 1. The number of halogens is 2. The first kappa shape index (κ1) is 22.8. The molecule has 0 saturated carbocycles. The van der Waals surface area contributed by atoms with Gasteiger partial charge in [0.25, 0.3) is 21.8 Å². The normalized spacial score (nSPS) is 17.3. The highest BCUT2D eigenvalue weighted by Gasteiger charge is 2.36. The lowest BCUT2D eigenvalue weighted by molar-refractivity contribution is -0.137. The summed E-state index contributed by atoms with van der Waals surface area (Å²) in [6, 6.07) is 10.4. The van der Waals surface area contributed by atoms with E-state index in [1.807, 2.05) is 0 Å². The van der Waals surface area contributed by atoms with Crippen LogP contribution in [-0.4, -0.2) is 47.5 Å². The molecule has 1 aromatic heterocycles. The summed E-state index contributed by atoms with van der Waals surface area (Å²) >= 11 is 0. The zero-order chi connectivity index (χ0) is 24.7. The van der Waals surface area contributed by atoms with Gasteiger partial charge in [-0.25, -0.2) is 0 Å². The molecular weight excluding hydrogens is 486 g/mol. The number of carbonyl (C=O) groups excluding carboxylic acids is 2. The Hall–Kier alpha value is -4.00. The van der Waals surface area contributed by atoms with Gasteiger partial charge in [0.1, 0.15) is 17.5 Å². The Bertz CT molecular complexity index is 1380. The molecular formula is C22H18F2N4O6S. The smallest absolute Gasteiger partial charge is 0.387 e. The molecule has 5 rings (SSSR count). The van der Waals surface area contributed by atoms with Crippen LogP contribution in [0.15, 0.2) is 59.6 Å². The lowest BCUT2D eigenvalue weighted by atomic mass is 10.0. The fraction of sp³-hybridized carbons (Fsp3) is 0.227. The molecule has 0 aliphatic carbocycles. The molecule has 0 fully saturated rings. The number of ether oxygens (including phenoxy) is 2. The Balaban J connectivity index is 1.34. The number of fused-ring (bicyclic) bond motifs is 2. The molecule has 35 heavy (non-hydrogen) atoms. The average Bonchev–Trinajstić information content (AvgIpc) is 3.36. The molecule has 3 aromatic rings. The largest absolute Gasteiger partial charge is 0.483 e. The summed E-state index contributed by atoms with van der Waals surface area (Å²) in [5.41, 5.74) is 1.45. The van der Waals surface area contributed by atoms with E-state index in [-0.39, 0.29) is 36.2 Å². The van der Waals surface area contributed by atoms with E-state index < -0.39 is 28.6 Å². The van der Waals surface area contributed by atoms with Gasteiger partial charge in [-0.05, 0) is 30.3 Å². The topological polar surface area (TPSA) is 120 Å². The molecule has 1 unspecified atom stereocenters. The summed E-state index contributed by atoms with van der Waals surface area (Å²) in [6.45, 7) is -3.08. The van der Waals surface area contributed by atoms with E-state index in [1.54, 1.807) is 24.3 Å². The molecule has 10 nitrogen and oxygen atoms in total. The minimum atomic E-state index is -4.09. The summed E-state index contributed by atoms with van der Waals surface area (Å²) in [5, 5.41) is 6.81. The van der Waals surface area contributed by atoms with E-state index in [2.05, 4.69) is 15.2 Å². The number of rotatable bonds is 5. The van der Waals surface area contributed by atoms with Gasteiger partial charge >= 0.3 is 6.61 Å². The van der Waals surface area contributed by atoms with Crippen molar-refractivity contribution in [2.75, 3.05) is 6.61 Å². The van der Waals surface area contributed by atoms with Crippen LogP contribution in [0.25, 0.3) is 0 Å². The summed E-state index contributed by atoms with van der Waals surface area (Å²) in [7, 11) is -4.09. The molecule has 0 spiro atoms. The lowest BCUT2D eigenvalue weighted by Gasteiger charge is -2.23. The second-order valence-corrected chi connectivity index (χ2v) is 9.65. The predicted molar refractivity (Wildman–Crippen MR) is 115 cm³/mol. The van der Waals surface area contributed by atoms with Crippen molar-refractivity contribution in [3.05, 3.63) is 71.5 Å². The van der Waals surface area contributed by atoms with Gasteiger partial charge in [0.15, 0.2) is 6.61 Å². The number of nitrogens with one attached hydrogen (secondary N) is 1. The molecule has 0 radical (unpaired) electrons. The number of benzene rings is 2. The van der Waals surface area contributed by atoms with E-state index >= 15 is 0 Å². The van der Waals surface area contributed by atoms with Gasteiger partial charge in [-0.15, -0.1) is 0 Å². The summed E-state index contributed by atoms with van der Waals surface area (Å²) in [5.74, 6) is -0.549. The second-order valence-electron chi connectivity index (χ2n) is 7.85. The van der Waals surface area contributed by atoms with Gasteiger partial charge in [0.05, 0.1) is 17.1 Å². The fourth-order valence-corrected chi connectivity index (χ4v) is 5.13. The highest BCUT2D eigenvalue weighted by atomic mass is 32.2. The lowest BCUT2D eigenvalue weighted by Crippen LogP contribution is -2.41. The quantitative estimate of drug-likeness (QED) is 0.563. The van der Waals surface area contributed by atoms with Gasteiger partial charge < -0.3 is 19.7 Å². The SMILES string of the molecule is O=C1COc2ccccc2C(C(=O)N2Cc3cn(S(=O)(=O)c4ccc(OC(F)F)cc4)nc3C2)N1. The summed E-state index contributed by atoms with van der Waals surface area (Å²) in [6.07, 6.45) is 1.31. The maximum absolute atomic E-state index is 13.3. The number of carbonyl (C=O) groups is 2. The molecule has 0 bridgehead atoms. The standard InChI is InChI=1S/C22H18F2N4O6S/c23-22(24)34-14-5-7-15(8-6-14)35(31,32)28-10-13-9-27(11-17(13)26-28)21(30)20-16-3-1-2-4-18(16)33-12-19(29)25-20/h1-8,10,20,22H,9,11-12H2,(H,25,29). The number of para-hydroxylation sites is 1. The van der Waals surface area contributed by atoms with Crippen LogP contribution >= 0.6 is 0 Å². The molecule has 1 N–H and O–H groups in total. The summed E-state index contributed by atoms with van der Waals surface area (Å²) in [4.78, 5) is 26.7. The summed E-state index contributed by atoms with van der Waals surface area (Å²) < 4.78 is 61.0. The van der Waals surface area contributed by atoms with Crippen molar-refractivity contribution >= 4 is 21.8 Å². The van der Waals surface area contributed by atoms with Crippen LogP contribution in [0.1, 0.15) is 22.9 Å². The third-order valence-electron chi connectivity index (χ3n) is 5.60. The second kappa shape index (κ2) is 8.65. The van der Waals surface area contributed by atoms with Gasteiger partial charge in [0.2, 0.25) is 0 Å². The van der Waals surface area contributed by atoms with Crippen LogP contribution in [-0.2, 0) is 32.7 Å². The molecule has 2 amide bonds. The van der Waals surface area contributed by atoms with Gasteiger partial charge in [0, 0.05) is 23.9 Å². The molecule has 3 heterocycles. The van der Waals surface area contributed by atoms with Crippen molar-refractivity contribution in [2.45, 2.75) is 30.6 Å². The first-order valence-electron chi connectivity index (χ1n) is 10.4. The van der Waals surface area contributed by atoms with Crippen molar-refractivity contribution in [1.82, 2.24) is 19.4 Å². The molecule has 13 heteroatoms. The van der Waals surface area contributed by atoms with Gasteiger partial charge in [-0.3, -0.25) is 9.59 Å². The zero-order valence-corrected chi connectivity index (χ0v) is 18.7. The minimum Gasteiger partial charge on any atom is -0.483 e. The Kier molecular flexibility index (Phi) is 5.63. The fourth-order valence-electron chi connectivity index (χ4n) is 3.96. The van der Waals surface area contributed by atoms with Crippen LogP contribution in [0.3, 0.4) is 0 Å². The van der Waals surface area contributed by atoms with Crippen LogP contribution in [0.4, 0.5) is 8.78 Å². The first-order chi connectivity index (χ1) is 16.7. The number of hydrogen-bond acceptors (Lipinski definition) is 7. The highest BCUT2D eigenvalue weighted by Crippen LogP contribution is 2.32. The van der Waals surface area contributed by atoms with Crippen LogP contribution in [0.5, 0.6) is 11.5 Å². The Morgan fingerprint density at radius 1 is 1.14 bits per heavy atom. The zero-order valence-electron chi connectivity index (χ0n) is 17.9. The van der Waals surface area contributed by atoms with Gasteiger partial charge in [-0.1, -0.05) is 18.2 Å². The Labute approximate surface area is 198 Å². The maximum Gasteiger partial charge on any atom is 0.387 e. The van der Waals surface area contributed by atoms with Crippen LogP contribution in [0, 0.1) is 0 Å². The van der Waals surface area contributed by atoms with E-state index in [0.717, 1.165) is 28.4 Å². The monoisotopic (exact) mass is 504 g/mol. The van der Waals surface area contributed by atoms with Crippen molar-refractivity contribution < 1.29 is 36.3 Å². The number of aromatic nitrogens is 2. The van der Waals surface area contributed by atoms with Crippen molar-refractivity contribution in [1.29, 1.82) is 0 Å². The van der Waals surface area contributed by atoms with Crippen molar-refractivity contribution in [3.8, 4) is 11.5 Å². The number of amides is 2. The van der Waals surface area contributed by atoms with Gasteiger partial charge in [-0.2, -0.15) is 26.4 Å². The number of alkyl halides is 2. The molecule has 182 valence electrons.